The zero-order chi connectivity index (χ0) is 57.6. The Kier molecular flexibility index (Phi) is 20.1. The molecule has 6 amide bonds. The van der Waals surface area contributed by atoms with Gasteiger partial charge in [0.2, 0.25) is 36.2 Å². The normalized spacial score (nSPS) is 26.5. The summed E-state index contributed by atoms with van der Waals surface area (Å²) in [5.74, 6) is -3.77. The average molecular weight is 1110 g/mol. The summed E-state index contributed by atoms with van der Waals surface area (Å²) in [5, 5.41) is 23.9. The highest BCUT2D eigenvalue weighted by atomic mass is 16.7. The van der Waals surface area contributed by atoms with Gasteiger partial charge in [0.1, 0.15) is 47.6 Å². The minimum absolute atomic E-state index is 0.0138. The number of allylic oxidation sites excluding steroid dienone is 1. The Labute approximate surface area is 468 Å². The Morgan fingerprint density at radius 2 is 1.09 bits per heavy atom. The summed E-state index contributed by atoms with van der Waals surface area (Å²) in [6.07, 6.45) is 16.4. The lowest BCUT2D eigenvalue weighted by Crippen LogP contribution is -2.57. The third-order valence-electron chi connectivity index (χ3n) is 14.8. The molecule has 0 saturated carbocycles. The number of carboxylic acid groups (broad SMARTS) is 1. The maximum Gasteiger partial charge on any atom is 0.326 e. The highest BCUT2D eigenvalue weighted by molar-refractivity contribution is 6.08. The molecule has 6 aliphatic rings. The van der Waals surface area contributed by atoms with Crippen LogP contribution >= 0.6 is 0 Å². The predicted octanol–water partition coefficient (Wildman–Crippen LogP) is 4.71. The fraction of sp³-hybridized carbons (Fsp3) is 0.441. The number of carbonyl (C=O) groups is 9. The van der Waals surface area contributed by atoms with E-state index in [0.717, 1.165) is 10.8 Å². The quantitative estimate of drug-likeness (QED) is 0.0796. The number of hydrogen-bond donors (Lipinski definition) is 5. The Morgan fingerprint density at radius 3 is 1.57 bits per heavy atom. The lowest BCUT2D eigenvalue weighted by Gasteiger charge is -2.34. The molecule has 0 aliphatic carbocycles. The third kappa shape index (κ3) is 14.3. The summed E-state index contributed by atoms with van der Waals surface area (Å²) >= 11 is 0. The van der Waals surface area contributed by atoms with E-state index in [1.165, 1.54) is 4.90 Å². The van der Waals surface area contributed by atoms with Crippen molar-refractivity contribution >= 4 is 74.9 Å². The van der Waals surface area contributed by atoms with Gasteiger partial charge in [-0.25, -0.2) is 4.79 Å². The summed E-state index contributed by atoms with van der Waals surface area (Å²) < 4.78 is 20.7. The first-order chi connectivity index (χ1) is 39.2. The van der Waals surface area contributed by atoms with E-state index >= 15 is 0 Å². The van der Waals surface area contributed by atoms with Crippen molar-refractivity contribution in [3.63, 3.8) is 0 Å². The molecule has 81 heavy (non-hydrogen) atoms. The second kappa shape index (κ2) is 27.7. The molecule has 0 bridgehead atoms. The lowest BCUT2D eigenvalue weighted by atomic mass is 10.0. The maximum absolute atomic E-state index is 13.8. The summed E-state index contributed by atoms with van der Waals surface area (Å²) in [5.41, 5.74) is 0.502. The molecule has 2 aromatic carbocycles. The predicted molar refractivity (Wildman–Crippen MR) is 293 cm³/mol. The van der Waals surface area contributed by atoms with Gasteiger partial charge in [-0.2, -0.15) is 0 Å². The van der Waals surface area contributed by atoms with Crippen molar-refractivity contribution in [3.8, 4) is 0 Å². The van der Waals surface area contributed by atoms with Gasteiger partial charge in [0.05, 0.1) is 12.8 Å². The molecule has 10 atom stereocenters. The van der Waals surface area contributed by atoms with Crippen LogP contribution in [0.3, 0.4) is 0 Å². The molecule has 2 aromatic heterocycles. The molecule has 2 unspecified atom stereocenters. The van der Waals surface area contributed by atoms with Crippen molar-refractivity contribution in [1.29, 1.82) is 0 Å². The third-order valence-corrected chi connectivity index (χ3v) is 14.8. The van der Waals surface area contributed by atoms with E-state index < -0.39 is 66.5 Å². The number of aromatic nitrogens is 2. The monoisotopic (exact) mass is 1110 g/mol. The van der Waals surface area contributed by atoms with Crippen LogP contribution in [-0.2, 0) is 52.5 Å². The molecule has 4 fully saturated rings. The van der Waals surface area contributed by atoms with Gasteiger partial charge in [-0.3, -0.25) is 48.3 Å². The van der Waals surface area contributed by atoms with Crippen LogP contribution in [0.25, 0.3) is 21.5 Å². The number of ether oxygens (including phenoxy) is 4. The molecule has 6 aliphatic heterocycles. The van der Waals surface area contributed by atoms with E-state index in [1.807, 2.05) is 91.9 Å². The van der Waals surface area contributed by atoms with Gasteiger partial charge in [0.15, 0.2) is 0 Å². The van der Waals surface area contributed by atoms with Gasteiger partial charge >= 0.3 is 17.9 Å². The number of carboxylic acids is 1. The first kappa shape index (κ1) is 58.8. The Bertz CT molecular complexity index is 3070. The van der Waals surface area contributed by atoms with E-state index in [4.69, 9.17) is 18.9 Å². The van der Waals surface area contributed by atoms with Crippen LogP contribution < -0.4 is 21.3 Å². The first-order valence-corrected chi connectivity index (χ1v) is 27.5. The van der Waals surface area contributed by atoms with Crippen LogP contribution in [0.5, 0.6) is 0 Å². The fourth-order valence-electron chi connectivity index (χ4n) is 11.0. The van der Waals surface area contributed by atoms with E-state index in [2.05, 4.69) is 37.8 Å². The molecule has 428 valence electrons. The lowest BCUT2D eigenvalue weighted by molar-refractivity contribution is -0.165. The Balaban J connectivity index is 0.000000172. The highest BCUT2D eigenvalue weighted by Gasteiger charge is 2.47. The molecule has 0 radical (unpaired) electrons. The van der Waals surface area contributed by atoms with Gasteiger partial charge in [-0.05, 0) is 94.5 Å². The number of rotatable bonds is 15. The SMILES string of the molecule is C=CCCC(=O)N[C@H]1CC(=O)OC1OCC.CCOC1OC(=O)C[C@@H]1NC(=O)[C@@H]1CC[C@@H]2C/C=C\C[C@H](NC(=O)c3nccc4ccccc34)C(=O)N21.O=C(N[C@H]1C/C=C\C[C@H]2CC[C@@H](C(=O)O)N2C1=O)c1nccc2ccccc12. The highest BCUT2D eigenvalue weighted by Crippen LogP contribution is 2.32. The standard InChI is InChI=1S/C27H30N4O6.C21H21N3O4.C11H17NO4/c1-2-36-27-20(15-22(32)37-27)30-24(33)21-12-11-17-8-4-6-10-19(26(35)31(17)21)29-25(34)23-18-9-5-3-7-16(18)13-14-28-23;25-19(18-15-7-3-1-5-13(15)11-12-22-18)23-16-8-4-2-6-14-9-10-17(21(27)28)24(14)20(16)26;1-3-5-6-9(13)12-8-7-10(14)16-11(8)15-4-2/h3-7,9,13-14,17,19-21,27H,2,8,10-12,15H2,1H3,(H,29,34)(H,30,33);1-5,7,11-12,14,16-17H,6,8-10H2,(H,23,25)(H,27,28);3,8,11H,1,4-7H2,2H3,(H,12,13)/b6-4-;4-2-;/t17-,19-,20-,21-,27?;14-,16-,17-;8-,11?/m000/s1. The second-order valence-corrected chi connectivity index (χ2v) is 20.2. The molecule has 0 spiro atoms. The molecular weight excluding hydrogens is 1040 g/mol. The number of aliphatic carboxylic acids is 1. The summed E-state index contributed by atoms with van der Waals surface area (Å²) in [4.78, 5) is 124. The van der Waals surface area contributed by atoms with E-state index in [1.54, 1.807) is 30.3 Å². The fourth-order valence-corrected chi connectivity index (χ4v) is 11.0. The number of esters is 2. The van der Waals surface area contributed by atoms with Crippen molar-refractivity contribution in [2.75, 3.05) is 13.2 Å². The number of fused-ring (bicyclic) bond motifs is 4. The molecule has 22 heteroatoms. The maximum atomic E-state index is 13.8. The van der Waals surface area contributed by atoms with Gasteiger partial charge in [-0.1, -0.05) is 78.9 Å². The number of amides is 6. The van der Waals surface area contributed by atoms with Crippen LogP contribution in [0.4, 0.5) is 0 Å². The van der Waals surface area contributed by atoms with Crippen molar-refractivity contribution in [1.82, 2.24) is 41.0 Å². The van der Waals surface area contributed by atoms with E-state index in [9.17, 15) is 48.3 Å². The number of benzene rings is 2. The minimum Gasteiger partial charge on any atom is -0.480 e. The van der Waals surface area contributed by atoms with E-state index in [-0.39, 0.29) is 72.0 Å². The summed E-state index contributed by atoms with van der Waals surface area (Å²) in [7, 11) is 0. The Morgan fingerprint density at radius 1 is 0.630 bits per heavy atom. The zero-order valence-electron chi connectivity index (χ0n) is 45.2. The van der Waals surface area contributed by atoms with Crippen LogP contribution in [0.2, 0.25) is 0 Å². The first-order valence-electron chi connectivity index (χ1n) is 27.5. The van der Waals surface area contributed by atoms with Gasteiger partial charge < -0.3 is 55.1 Å². The second-order valence-electron chi connectivity index (χ2n) is 20.2. The molecule has 10 rings (SSSR count). The molecule has 4 saturated heterocycles. The number of pyridine rings is 2. The number of cyclic esters (lactones) is 2. The van der Waals surface area contributed by atoms with Crippen molar-refractivity contribution in [2.24, 2.45) is 0 Å². The Hall–Kier alpha value is -8.37. The van der Waals surface area contributed by atoms with Crippen LogP contribution in [0, 0.1) is 0 Å². The molecule has 4 aromatic rings. The number of nitrogens with zero attached hydrogens (tertiary/aromatic N) is 4. The number of nitrogens with one attached hydrogen (secondary N) is 4. The smallest absolute Gasteiger partial charge is 0.326 e. The summed E-state index contributed by atoms with van der Waals surface area (Å²) in [6, 6.07) is 14.0. The molecule has 22 nitrogen and oxygen atoms in total. The number of carbonyl (C=O) groups excluding carboxylic acids is 8. The largest absolute Gasteiger partial charge is 0.480 e. The van der Waals surface area contributed by atoms with Crippen LogP contribution in [0.1, 0.15) is 112 Å². The van der Waals surface area contributed by atoms with Gasteiger partial charge in [0, 0.05) is 54.9 Å². The van der Waals surface area contributed by atoms with Crippen molar-refractivity contribution < 1.29 is 67.2 Å². The summed E-state index contributed by atoms with van der Waals surface area (Å²) in [6.45, 7) is 7.90. The van der Waals surface area contributed by atoms with Crippen molar-refractivity contribution in [2.45, 2.75) is 152 Å². The molecule has 8 heterocycles. The van der Waals surface area contributed by atoms with Crippen LogP contribution in [-0.4, -0.2) is 152 Å². The molecular formula is C59H68N8O14. The minimum atomic E-state index is -0.999. The van der Waals surface area contributed by atoms with Crippen molar-refractivity contribution in [3.05, 3.63) is 121 Å². The van der Waals surface area contributed by atoms with Gasteiger partial charge in [0.25, 0.3) is 11.8 Å². The van der Waals surface area contributed by atoms with Gasteiger partial charge in [-0.15, -0.1) is 6.58 Å². The topological polar surface area (TPSA) is 291 Å². The average Bonchev–Trinajstić information content (AvgIpc) is 4.32. The number of hydrogen-bond acceptors (Lipinski definition) is 15. The molecule has 5 N–H and O–H groups in total. The van der Waals surface area contributed by atoms with Crippen LogP contribution in [0.15, 0.2) is 110 Å². The zero-order valence-corrected chi connectivity index (χ0v) is 45.2. The van der Waals surface area contributed by atoms with E-state index in [0.29, 0.717) is 88.2 Å².